The van der Waals surface area contributed by atoms with Gasteiger partial charge in [-0.3, -0.25) is 0 Å². The van der Waals surface area contributed by atoms with Crippen molar-refractivity contribution >= 4 is 5.71 Å². The summed E-state index contributed by atoms with van der Waals surface area (Å²) in [5, 5.41) is 12.8. The Bertz CT molecular complexity index is 344. The maximum Gasteiger partial charge on any atom is 0.0602 e. The van der Waals surface area contributed by atoms with E-state index in [1.807, 2.05) is 6.92 Å². The van der Waals surface area contributed by atoms with Gasteiger partial charge in [-0.1, -0.05) is 25.9 Å². The van der Waals surface area contributed by atoms with E-state index in [0.29, 0.717) is 16.2 Å². The number of rotatable bonds is 1. The van der Waals surface area contributed by atoms with E-state index in [1.54, 1.807) is 0 Å². The van der Waals surface area contributed by atoms with E-state index in [-0.39, 0.29) is 5.41 Å². The van der Waals surface area contributed by atoms with Crippen LogP contribution in [-0.2, 0) is 0 Å². The fraction of sp³-hybridized carbons (Fsp3) is 0.933. The van der Waals surface area contributed by atoms with E-state index in [2.05, 4.69) is 25.9 Å². The maximum absolute atomic E-state index is 9.23. The van der Waals surface area contributed by atoms with Crippen LogP contribution >= 0.6 is 0 Å². The van der Waals surface area contributed by atoms with Gasteiger partial charge in [-0.2, -0.15) is 0 Å². The molecule has 96 valence electrons. The molecule has 0 radical (unpaired) electrons. The molecule has 17 heavy (non-hydrogen) atoms. The molecule has 4 aliphatic rings. The molecule has 4 fully saturated rings. The van der Waals surface area contributed by atoms with Crippen molar-refractivity contribution in [3.63, 3.8) is 0 Å². The molecule has 0 aromatic rings. The topological polar surface area (TPSA) is 32.6 Å². The molecule has 4 saturated carbocycles. The summed E-state index contributed by atoms with van der Waals surface area (Å²) >= 11 is 0. The average Bonchev–Trinajstić information content (AvgIpc) is 2.08. The van der Waals surface area contributed by atoms with Crippen LogP contribution in [0.2, 0.25) is 0 Å². The lowest BCUT2D eigenvalue weighted by Crippen LogP contribution is -2.60. The minimum atomic E-state index is 0.196. The van der Waals surface area contributed by atoms with Crippen LogP contribution in [0, 0.1) is 21.7 Å². The molecule has 0 unspecified atom stereocenters. The molecule has 0 aromatic carbocycles. The van der Waals surface area contributed by atoms with Gasteiger partial charge in [0.05, 0.1) is 5.71 Å². The van der Waals surface area contributed by atoms with Crippen molar-refractivity contribution in [1.82, 2.24) is 0 Å². The van der Waals surface area contributed by atoms with Gasteiger partial charge in [-0.25, -0.2) is 0 Å². The van der Waals surface area contributed by atoms with E-state index < -0.39 is 0 Å². The molecule has 4 aliphatic carbocycles. The van der Waals surface area contributed by atoms with Gasteiger partial charge in [-0.05, 0) is 61.7 Å². The van der Waals surface area contributed by atoms with E-state index in [0.717, 1.165) is 5.71 Å². The molecule has 1 N–H and O–H groups in total. The molecular weight excluding hydrogens is 210 g/mol. The Hall–Kier alpha value is -0.530. The lowest BCUT2D eigenvalue weighted by atomic mass is 9.36. The zero-order valence-electron chi connectivity index (χ0n) is 11.6. The largest absolute Gasteiger partial charge is 0.411 e. The molecule has 2 nitrogen and oxygen atoms in total. The Morgan fingerprint density at radius 2 is 1.18 bits per heavy atom. The van der Waals surface area contributed by atoms with Gasteiger partial charge in [0, 0.05) is 5.41 Å². The molecule has 0 heterocycles. The minimum absolute atomic E-state index is 0.196. The van der Waals surface area contributed by atoms with Crippen molar-refractivity contribution in [2.24, 2.45) is 26.8 Å². The van der Waals surface area contributed by atoms with Gasteiger partial charge in [0.25, 0.3) is 0 Å². The summed E-state index contributed by atoms with van der Waals surface area (Å²) < 4.78 is 0. The summed E-state index contributed by atoms with van der Waals surface area (Å²) in [6.45, 7) is 9.41. The predicted molar refractivity (Wildman–Crippen MR) is 69.4 cm³/mol. The number of nitrogens with zero attached hydrogens (tertiary/aromatic N) is 1. The normalized spacial score (nSPS) is 57.5. The first kappa shape index (κ1) is 11.6. The highest BCUT2D eigenvalue weighted by atomic mass is 16.4. The lowest BCUT2D eigenvalue weighted by Gasteiger charge is -2.69. The molecule has 4 rings (SSSR count). The molecule has 0 amide bonds. The van der Waals surface area contributed by atoms with E-state index in [4.69, 9.17) is 0 Å². The molecule has 0 aliphatic heterocycles. The second-order valence-electron chi connectivity index (χ2n) is 8.46. The van der Waals surface area contributed by atoms with E-state index >= 15 is 0 Å². The molecule has 4 bridgehead atoms. The third kappa shape index (κ3) is 1.49. The summed E-state index contributed by atoms with van der Waals surface area (Å²) in [6.07, 6.45) is 7.82. The van der Waals surface area contributed by atoms with Gasteiger partial charge in [-0.15, -0.1) is 0 Å². The first-order valence-corrected chi connectivity index (χ1v) is 6.92. The van der Waals surface area contributed by atoms with Crippen molar-refractivity contribution in [3.05, 3.63) is 0 Å². The van der Waals surface area contributed by atoms with Crippen LogP contribution in [0.5, 0.6) is 0 Å². The summed E-state index contributed by atoms with van der Waals surface area (Å²) in [5.41, 5.74) is 2.61. The zero-order valence-corrected chi connectivity index (χ0v) is 11.6. The van der Waals surface area contributed by atoms with Crippen LogP contribution in [0.1, 0.15) is 66.2 Å². The first-order chi connectivity index (χ1) is 7.72. The monoisotopic (exact) mass is 235 g/mol. The van der Waals surface area contributed by atoms with Crippen molar-refractivity contribution in [2.75, 3.05) is 0 Å². The molecular formula is C15H25NO. The van der Waals surface area contributed by atoms with Crippen molar-refractivity contribution < 1.29 is 5.21 Å². The van der Waals surface area contributed by atoms with Crippen molar-refractivity contribution in [3.8, 4) is 0 Å². The Morgan fingerprint density at radius 3 is 1.47 bits per heavy atom. The van der Waals surface area contributed by atoms with E-state index in [1.165, 1.54) is 38.5 Å². The molecule has 0 aromatic heterocycles. The first-order valence-electron chi connectivity index (χ1n) is 6.92. The maximum atomic E-state index is 9.23. The van der Waals surface area contributed by atoms with Gasteiger partial charge < -0.3 is 5.21 Å². The van der Waals surface area contributed by atoms with Gasteiger partial charge >= 0.3 is 0 Å². The Labute approximate surface area is 104 Å². The molecule has 0 saturated heterocycles. The predicted octanol–water partition coefficient (Wildman–Crippen LogP) is 4.22. The third-order valence-corrected chi connectivity index (χ3v) is 5.77. The quantitative estimate of drug-likeness (QED) is 0.412. The highest BCUT2D eigenvalue weighted by Gasteiger charge is 2.64. The summed E-state index contributed by atoms with van der Waals surface area (Å²) in [5.74, 6) is 0. The summed E-state index contributed by atoms with van der Waals surface area (Å²) in [7, 11) is 0. The Morgan fingerprint density at radius 1 is 0.824 bits per heavy atom. The van der Waals surface area contributed by atoms with Crippen molar-refractivity contribution in [2.45, 2.75) is 66.2 Å². The van der Waals surface area contributed by atoms with Crippen LogP contribution in [0.15, 0.2) is 5.16 Å². The summed E-state index contributed by atoms with van der Waals surface area (Å²) in [6, 6.07) is 0. The van der Waals surface area contributed by atoms with Crippen LogP contribution < -0.4 is 0 Å². The Balaban J connectivity index is 2.10. The second kappa shape index (κ2) is 2.89. The third-order valence-electron chi connectivity index (χ3n) is 5.77. The van der Waals surface area contributed by atoms with Crippen LogP contribution in [0.25, 0.3) is 0 Å². The standard InChI is InChI=1S/C15H25NO/c1-11(16-17)15-8-12(2)5-13(3,9-15)7-14(4,6-12)10-15/h17H,5-10H2,1-4H3/b16-11-. The van der Waals surface area contributed by atoms with Crippen molar-refractivity contribution in [1.29, 1.82) is 0 Å². The van der Waals surface area contributed by atoms with Crippen LogP contribution in [-0.4, -0.2) is 10.9 Å². The molecule has 0 atom stereocenters. The second-order valence-corrected chi connectivity index (χ2v) is 8.46. The van der Waals surface area contributed by atoms with Crippen LogP contribution in [0.3, 0.4) is 0 Å². The van der Waals surface area contributed by atoms with Gasteiger partial charge in [0.15, 0.2) is 0 Å². The highest BCUT2D eigenvalue weighted by molar-refractivity contribution is 5.88. The molecule has 0 spiro atoms. The van der Waals surface area contributed by atoms with Gasteiger partial charge in [0.1, 0.15) is 0 Å². The van der Waals surface area contributed by atoms with E-state index in [9.17, 15) is 5.21 Å². The highest BCUT2D eigenvalue weighted by Crippen LogP contribution is 2.73. The number of hydrogen-bond donors (Lipinski definition) is 1. The lowest BCUT2D eigenvalue weighted by molar-refractivity contribution is -0.158. The average molecular weight is 235 g/mol. The van der Waals surface area contributed by atoms with Crippen LogP contribution in [0.4, 0.5) is 0 Å². The summed E-state index contributed by atoms with van der Waals surface area (Å²) in [4.78, 5) is 0. The molecule has 2 heteroatoms. The Kier molecular flexibility index (Phi) is 1.97. The zero-order chi connectivity index (χ0) is 12.5. The number of hydrogen-bond acceptors (Lipinski definition) is 2. The fourth-order valence-corrected chi connectivity index (χ4v) is 6.78. The number of oxime groups is 1. The minimum Gasteiger partial charge on any atom is -0.411 e. The fourth-order valence-electron chi connectivity index (χ4n) is 6.78. The van der Waals surface area contributed by atoms with Gasteiger partial charge in [0.2, 0.25) is 0 Å². The SMILES string of the molecule is C/C(=N/O)C12CC3(C)CC(C)(CC(C)(C3)C1)C2. The smallest absolute Gasteiger partial charge is 0.0602 e.